The summed E-state index contributed by atoms with van der Waals surface area (Å²) in [6.45, 7) is 0. The normalized spacial score (nSPS) is 10.8. The molecule has 0 atom stereocenters. The summed E-state index contributed by atoms with van der Waals surface area (Å²) < 4.78 is 6.90. The largest absolute Gasteiger partial charge is 0.497 e. The van der Waals surface area contributed by atoms with Crippen LogP contribution in [0.2, 0.25) is 0 Å². The van der Waals surface area contributed by atoms with Crippen molar-refractivity contribution in [3.8, 4) is 17.0 Å². The third-order valence-electron chi connectivity index (χ3n) is 2.81. The van der Waals surface area contributed by atoms with Crippen molar-refractivity contribution in [3.05, 3.63) is 41.5 Å². The molecule has 0 amide bonds. The summed E-state index contributed by atoms with van der Waals surface area (Å²) in [5.41, 5.74) is 1.96. The molecule has 0 unspecified atom stereocenters. The summed E-state index contributed by atoms with van der Waals surface area (Å²) in [7, 11) is 1.62. The monoisotopic (exact) mass is 274 g/mol. The lowest BCUT2D eigenvalue weighted by Crippen LogP contribution is -1.95. The van der Waals surface area contributed by atoms with Gasteiger partial charge in [-0.3, -0.25) is 4.40 Å². The Kier molecular flexibility index (Phi) is 2.72. The smallest absolute Gasteiger partial charge is 0.356 e. The van der Waals surface area contributed by atoms with Gasteiger partial charge in [0.05, 0.1) is 12.8 Å². The van der Waals surface area contributed by atoms with E-state index in [1.165, 1.54) is 17.5 Å². The lowest BCUT2D eigenvalue weighted by atomic mass is 10.2. The Morgan fingerprint density at radius 1 is 1.37 bits per heavy atom. The van der Waals surface area contributed by atoms with Crippen molar-refractivity contribution in [3.63, 3.8) is 0 Å². The Morgan fingerprint density at radius 3 is 2.74 bits per heavy atom. The van der Waals surface area contributed by atoms with Gasteiger partial charge in [0.15, 0.2) is 10.7 Å². The number of methoxy groups -OCH3 is 1. The number of benzene rings is 1. The highest BCUT2D eigenvalue weighted by Crippen LogP contribution is 2.27. The summed E-state index contributed by atoms with van der Waals surface area (Å²) in [5, 5.41) is 10.9. The number of rotatable bonds is 3. The van der Waals surface area contributed by atoms with Crippen LogP contribution in [-0.2, 0) is 0 Å². The molecule has 3 aromatic rings. The molecule has 2 aromatic heterocycles. The van der Waals surface area contributed by atoms with Gasteiger partial charge in [0.1, 0.15) is 5.75 Å². The first kappa shape index (κ1) is 11.7. The molecule has 1 N–H and O–H groups in total. The van der Waals surface area contributed by atoms with E-state index in [1.54, 1.807) is 11.5 Å². The Balaban J connectivity index is 2.10. The van der Waals surface area contributed by atoms with Crippen LogP contribution in [0.1, 0.15) is 10.5 Å². The summed E-state index contributed by atoms with van der Waals surface area (Å²) in [6.07, 6.45) is 1.54. The number of ether oxygens (including phenoxy) is 1. The first-order valence-corrected chi connectivity index (χ1v) is 6.41. The van der Waals surface area contributed by atoms with Crippen molar-refractivity contribution in [1.82, 2.24) is 9.38 Å². The highest BCUT2D eigenvalue weighted by atomic mass is 32.1. The standard InChI is InChI=1S/C13H10N2O3S/c1-18-9-4-2-8(3-5-9)11-7-19-13-14-10(12(16)17)6-15(11)13/h2-7H,1H3,(H,16,17). The maximum absolute atomic E-state index is 10.9. The Morgan fingerprint density at radius 2 is 2.11 bits per heavy atom. The van der Waals surface area contributed by atoms with E-state index in [-0.39, 0.29) is 5.69 Å². The molecule has 1 aromatic carbocycles. The molecular weight excluding hydrogens is 264 g/mol. The molecular formula is C13H10N2O3S. The highest BCUT2D eigenvalue weighted by Gasteiger charge is 2.13. The number of hydrogen-bond acceptors (Lipinski definition) is 4. The zero-order valence-corrected chi connectivity index (χ0v) is 10.8. The molecule has 0 radical (unpaired) electrons. The van der Waals surface area contributed by atoms with E-state index >= 15 is 0 Å². The maximum atomic E-state index is 10.9. The number of carbonyl (C=O) groups is 1. The fourth-order valence-corrected chi connectivity index (χ4v) is 2.74. The van der Waals surface area contributed by atoms with Gasteiger partial charge in [0.2, 0.25) is 0 Å². The number of nitrogens with zero attached hydrogens (tertiary/aromatic N) is 2. The van der Waals surface area contributed by atoms with E-state index in [9.17, 15) is 4.79 Å². The second kappa shape index (κ2) is 4.40. The molecule has 2 heterocycles. The first-order valence-electron chi connectivity index (χ1n) is 5.53. The van der Waals surface area contributed by atoms with Gasteiger partial charge in [-0.2, -0.15) is 0 Å². The van der Waals surface area contributed by atoms with Gasteiger partial charge in [0, 0.05) is 11.6 Å². The number of thiazole rings is 1. The molecule has 0 aliphatic carbocycles. The average Bonchev–Trinajstić information content (AvgIpc) is 2.98. The van der Waals surface area contributed by atoms with Gasteiger partial charge in [0.25, 0.3) is 0 Å². The predicted octanol–water partition coefficient (Wildman–Crippen LogP) is 2.77. The van der Waals surface area contributed by atoms with E-state index in [0.29, 0.717) is 4.96 Å². The molecule has 0 bridgehead atoms. The number of hydrogen-bond donors (Lipinski definition) is 1. The second-order valence-electron chi connectivity index (χ2n) is 3.93. The van der Waals surface area contributed by atoms with E-state index in [2.05, 4.69) is 4.98 Å². The Labute approximate surface area is 112 Å². The number of aromatic nitrogens is 2. The number of fused-ring (bicyclic) bond motifs is 1. The molecule has 96 valence electrons. The van der Waals surface area contributed by atoms with Crippen LogP contribution in [0.4, 0.5) is 0 Å². The van der Waals surface area contributed by atoms with Crippen LogP contribution in [0.25, 0.3) is 16.2 Å². The third-order valence-corrected chi connectivity index (χ3v) is 3.65. The zero-order chi connectivity index (χ0) is 13.4. The minimum atomic E-state index is -1.02. The van der Waals surface area contributed by atoms with Crippen molar-refractivity contribution in [2.24, 2.45) is 0 Å². The van der Waals surface area contributed by atoms with Gasteiger partial charge < -0.3 is 9.84 Å². The average molecular weight is 274 g/mol. The molecule has 5 nitrogen and oxygen atoms in total. The van der Waals surface area contributed by atoms with E-state index in [4.69, 9.17) is 9.84 Å². The van der Waals surface area contributed by atoms with E-state index < -0.39 is 5.97 Å². The molecule has 3 rings (SSSR count). The molecule has 0 saturated heterocycles. The van der Waals surface area contributed by atoms with Gasteiger partial charge in [-0.05, 0) is 29.8 Å². The van der Waals surface area contributed by atoms with Crippen molar-refractivity contribution >= 4 is 22.3 Å². The van der Waals surface area contributed by atoms with Crippen molar-refractivity contribution < 1.29 is 14.6 Å². The topological polar surface area (TPSA) is 63.8 Å². The van der Waals surface area contributed by atoms with Crippen molar-refractivity contribution in [1.29, 1.82) is 0 Å². The summed E-state index contributed by atoms with van der Waals surface area (Å²) in [4.78, 5) is 15.6. The summed E-state index contributed by atoms with van der Waals surface area (Å²) in [5.74, 6) is -0.233. The number of imidazole rings is 1. The van der Waals surface area contributed by atoms with Crippen LogP contribution < -0.4 is 4.74 Å². The fourth-order valence-electron chi connectivity index (χ4n) is 1.86. The zero-order valence-electron chi connectivity index (χ0n) is 10.0. The SMILES string of the molecule is COc1ccc(-c2csc3nc(C(=O)O)cn23)cc1. The number of carboxylic acids is 1. The third kappa shape index (κ3) is 1.96. The predicted molar refractivity (Wildman–Crippen MR) is 72.0 cm³/mol. The van der Waals surface area contributed by atoms with E-state index in [0.717, 1.165) is 17.0 Å². The molecule has 0 aliphatic heterocycles. The summed E-state index contributed by atoms with van der Waals surface area (Å²) >= 11 is 1.41. The first-order chi connectivity index (χ1) is 9.19. The number of aromatic carboxylic acids is 1. The molecule has 0 aliphatic rings. The van der Waals surface area contributed by atoms with Gasteiger partial charge in [-0.15, -0.1) is 11.3 Å². The molecule has 0 fully saturated rings. The Bertz CT molecular complexity index is 743. The van der Waals surface area contributed by atoms with Crippen LogP contribution in [0, 0.1) is 0 Å². The highest BCUT2D eigenvalue weighted by molar-refractivity contribution is 7.15. The molecule has 0 spiro atoms. The fraction of sp³-hybridized carbons (Fsp3) is 0.0769. The van der Waals surface area contributed by atoms with Crippen LogP contribution in [-0.4, -0.2) is 27.6 Å². The quantitative estimate of drug-likeness (QED) is 0.797. The number of carboxylic acid groups (broad SMARTS) is 1. The second-order valence-corrected chi connectivity index (χ2v) is 4.77. The Hall–Kier alpha value is -2.34. The van der Waals surface area contributed by atoms with E-state index in [1.807, 2.05) is 29.6 Å². The van der Waals surface area contributed by atoms with Crippen LogP contribution in [0.5, 0.6) is 5.75 Å². The lowest BCUT2D eigenvalue weighted by Gasteiger charge is -2.02. The summed E-state index contributed by atoms with van der Waals surface area (Å²) in [6, 6.07) is 7.60. The van der Waals surface area contributed by atoms with Gasteiger partial charge >= 0.3 is 5.97 Å². The maximum Gasteiger partial charge on any atom is 0.356 e. The molecule has 19 heavy (non-hydrogen) atoms. The lowest BCUT2D eigenvalue weighted by molar-refractivity contribution is 0.0691. The van der Waals surface area contributed by atoms with Crippen LogP contribution in [0.3, 0.4) is 0 Å². The van der Waals surface area contributed by atoms with Gasteiger partial charge in [-0.25, -0.2) is 9.78 Å². The minimum absolute atomic E-state index is 0.0570. The molecule has 6 heteroatoms. The minimum Gasteiger partial charge on any atom is -0.497 e. The van der Waals surface area contributed by atoms with Crippen molar-refractivity contribution in [2.75, 3.05) is 7.11 Å². The van der Waals surface area contributed by atoms with Gasteiger partial charge in [-0.1, -0.05) is 0 Å². The molecule has 0 saturated carbocycles. The van der Waals surface area contributed by atoms with Crippen LogP contribution >= 0.6 is 11.3 Å². The van der Waals surface area contributed by atoms with Crippen LogP contribution in [0.15, 0.2) is 35.8 Å². The van der Waals surface area contributed by atoms with Crippen molar-refractivity contribution in [2.45, 2.75) is 0 Å².